The fraction of sp³-hybridized carbons (Fsp3) is 0.0833. The Hall–Kier alpha value is -1.95. The van der Waals surface area contributed by atoms with E-state index in [9.17, 15) is 4.79 Å². The van der Waals surface area contributed by atoms with Gasteiger partial charge in [-0.15, -0.1) is 0 Å². The summed E-state index contributed by atoms with van der Waals surface area (Å²) in [5, 5.41) is 8.83. The zero-order valence-electron chi connectivity index (χ0n) is 9.21. The summed E-state index contributed by atoms with van der Waals surface area (Å²) in [5.41, 5.74) is 0.199. The number of ether oxygens (including phenoxy) is 1. The van der Waals surface area contributed by atoms with Gasteiger partial charge in [0.15, 0.2) is 5.82 Å². The molecule has 0 unspecified atom stereocenters. The van der Waals surface area contributed by atoms with Crippen molar-refractivity contribution in [2.24, 2.45) is 0 Å². The summed E-state index contributed by atoms with van der Waals surface area (Å²) in [4.78, 5) is 18.8. The van der Waals surface area contributed by atoms with Crippen molar-refractivity contribution in [3.05, 3.63) is 52.5 Å². The van der Waals surface area contributed by atoms with E-state index in [1.54, 1.807) is 24.5 Å². The van der Waals surface area contributed by atoms with Crippen LogP contribution in [-0.2, 0) is 6.61 Å². The van der Waals surface area contributed by atoms with Gasteiger partial charge < -0.3 is 9.84 Å². The molecule has 0 saturated heterocycles. The summed E-state index contributed by atoms with van der Waals surface area (Å²) in [6.45, 7) is 0.228. The minimum Gasteiger partial charge on any atom is -0.484 e. The number of rotatable bonds is 4. The van der Waals surface area contributed by atoms with Gasteiger partial charge in [0.1, 0.15) is 12.4 Å². The summed E-state index contributed by atoms with van der Waals surface area (Å²) < 4.78 is 6.07. The molecule has 1 aromatic heterocycles. The van der Waals surface area contributed by atoms with Crippen molar-refractivity contribution in [2.75, 3.05) is 0 Å². The Balaban J connectivity index is 2.08. The van der Waals surface area contributed by atoms with E-state index >= 15 is 0 Å². The molecule has 0 bridgehead atoms. The van der Waals surface area contributed by atoms with Crippen LogP contribution in [-0.4, -0.2) is 21.0 Å². The number of nitrogens with zero attached hydrogens (tertiary/aromatic N) is 2. The van der Waals surface area contributed by atoms with Crippen LogP contribution in [0.2, 0.25) is 0 Å². The first-order valence-corrected chi connectivity index (χ1v) is 5.87. The Bertz CT molecular complexity index is 561. The molecule has 0 aliphatic rings. The molecule has 0 atom stereocenters. The minimum atomic E-state index is -0.978. The predicted molar refractivity (Wildman–Crippen MR) is 67.5 cm³/mol. The summed E-state index contributed by atoms with van der Waals surface area (Å²) in [6.07, 6.45) is 3.27. The average molecular weight is 309 g/mol. The number of hydrogen-bond donors (Lipinski definition) is 1. The lowest BCUT2D eigenvalue weighted by Gasteiger charge is -2.07. The Morgan fingerprint density at radius 2 is 2.06 bits per heavy atom. The maximum absolute atomic E-state index is 10.8. The second-order valence-corrected chi connectivity index (χ2v) is 4.26. The molecule has 0 spiro atoms. The number of carboxylic acids is 1. The van der Waals surface area contributed by atoms with E-state index in [1.807, 2.05) is 0 Å². The predicted octanol–water partition coefficient (Wildman–Crippen LogP) is 2.52. The van der Waals surface area contributed by atoms with Crippen LogP contribution in [0.1, 0.15) is 16.2 Å². The van der Waals surface area contributed by atoms with Crippen LogP contribution in [0.15, 0.2) is 41.1 Å². The molecule has 1 heterocycles. The monoisotopic (exact) mass is 308 g/mol. The van der Waals surface area contributed by atoms with Crippen LogP contribution in [0.25, 0.3) is 0 Å². The van der Waals surface area contributed by atoms with Crippen molar-refractivity contribution in [3.8, 4) is 5.75 Å². The fourth-order valence-electron chi connectivity index (χ4n) is 1.30. The summed E-state index contributed by atoms with van der Waals surface area (Å²) in [7, 11) is 0. The zero-order chi connectivity index (χ0) is 13.0. The normalized spacial score (nSPS) is 10.1. The third-order valence-electron chi connectivity index (χ3n) is 2.15. The Kier molecular flexibility index (Phi) is 3.88. The molecular formula is C12H9BrN2O3. The van der Waals surface area contributed by atoms with Crippen LogP contribution in [0.3, 0.4) is 0 Å². The fourth-order valence-corrected chi connectivity index (χ4v) is 1.79. The van der Waals surface area contributed by atoms with Gasteiger partial charge >= 0.3 is 5.97 Å². The van der Waals surface area contributed by atoms with E-state index in [0.717, 1.165) is 0 Å². The van der Waals surface area contributed by atoms with Crippen molar-refractivity contribution in [1.82, 2.24) is 9.97 Å². The SMILES string of the molecule is O=C(O)c1ccc(OCc2ncccn2)c(Br)c1. The summed E-state index contributed by atoms with van der Waals surface area (Å²) in [5.74, 6) is 0.132. The van der Waals surface area contributed by atoms with Gasteiger partial charge in [0.05, 0.1) is 10.0 Å². The maximum atomic E-state index is 10.8. The number of aromatic nitrogens is 2. The third kappa shape index (κ3) is 3.04. The standard InChI is InChI=1S/C12H9BrN2O3/c13-9-6-8(12(16)17)2-3-10(9)18-7-11-14-4-1-5-15-11/h1-6H,7H2,(H,16,17). The molecule has 0 aliphatic carbocycles. The first kappa shape index (κ1) is 12.5. The highest BCUT2D eigenvalue weighted by atomic mass is 79.9. The Morgan fingerprint density at radius 1 is 1.33 bits per heavy atom. The number of benzene rings is 1. The van der Waals surface area contributed by atoms with Crippen LogP contribution in [0.4, 0.5) is 0 Å². The zero-order valence-corrected chi connectivity index (χ0v) is 10.8. The van der Waals surface area contributed by atoms with Gasteiger partial charge in [-0.2, -0.15) is 0 Å². The van der Waals surface area contributed by atoms with Crippen molar-refractivity contribution in [3.63, 3.8) is 0 Å². The third-order valence-corrected chi connectivity index (χ3v) is 2.77. The molecule has 1 N–H and O–H groups in total. The number of carboxylic acid groups (broad SMARTS) is 1. The largest absolute Gasteiger partial charge is 0.484 e. The lowest BCUT2D eigenvalue weighted by atomic mass is 10.2. The molecular weight excluding hydrogens is 300 g/mol. The van der Waals surface area contributed by atoms with Crippen molar-refractivity contribution in [2.45, 2.75) is 6.61 Å². The molecule has 1 aromatic carbocycles. The molecule has 2 rings (SSSR count). The van der Waals surface area contributed by atoms with Crippen molar-refractivity contribution < 1.29 is 14.6 Å². The first-order valence-electron chi connectivity index (χ1n) is 5.08. The maximum Gasteiger partial charge on any atom is 0.335 e. The van der Waals surface area contributed by atoms with Gasteiger partial charge in [-0.05, 0) is 40.2 Å². The van der Waals surface area contributed by atoms with Crippen LogP contribution in [0, 0.1) is 0 Å². The molecule has 0 radical (unpaired) electrons. The highest BCUT2D eigenvalue weighted by Crippen LogP contribution is 2.26. The first-order chi connectivity index (χ1) is 8.66. The molecule has 2 aromatic rings. The Labute approximate surface area is 112 Å². The van der Waals surface area contributed by atoms with E-state index in [2.05, 4.69) is 25.9 Å². The average Bonchev–Trinajstić information content (AvgIpc) is 2.38. The van der Waals surface area contributed by atoms with E-state index in [-0.39, 0.29) is 12.2 Å². The number of hydrogen-bond acceptors (Lipinski definition) is 4. The molecule has 6 heteroatoms. The molecule has 0 fully saturated rings. The number of carbonyl (C=O) groups is 1. The molecule has 18 heavy (non-hydrogen) atoms. The minimum absolute atomic E-state index is 0.199. The van der Waals surface area contributed by atoms with Gasteiger partial charge in [-0.25, -0.2) is 14.8 Å². The van der Waals surface area contributed by atoms with E-state index in [4.69, 9.17) is 9.84 Å². The molecule has 0 amide bonds. The summed E-state index contributed by atoms with van der Waals surface area (Å²) >= 11 is 3.26. The lowest BCUT2D eigenvalue weighted by Crippen LogP contribution is -2.02. The van der Waals surface area contributed by atoms with Gasteiger partial charge in [-0.1, -0.05) is 0 Å². The second-order valence-electron chi connectivity index (χ2n) is 3.40. The second kappa shape index (κ2) is 5.59. The van der Waals surface area contributed by atoms with E-state index < -0.39 is 5.97 Å². The lowest BCUT2D eigenvalue weighted by molar-refractivity contribution is 0.0696. The van der Waals surface area contributed by atoms with Gasteiger partial charge in [0.2, 0.25) is 0 Å². The van der Waals surface area contributed by atoms with Crippen LogP contribution >= 0.6 is 15.9 Å². The highest BCUT2D eigenvalue weighted by molar-refractivity contribution is 9.10. The molecule has 0 aliphatic heterocycles. The quantitative estimate of drug-likeness (QED) is 0.939. The van der Waals surface area contributed by atoms with Crippen LogP contribution < -0.4 is 4.74 Å². The number of halogens is 1. The summed E-state index contributed by atoms with van der Waals surface area (Å²) in [6, 6.07) is 6.29. The number of aromatic carboxylic acids is 1. The van der Waals surface area contributed by atoms with Crippen molar-refractivity contribution in [1.29, 1.82) is 0 Å². The van der Waals surface area contributed by atoms with Gasteiger partial charge in [-0.3, -0.25) is 0 Å². The Morgan fingerprint density at radius 3 is 2.67 bits per heavy atom. The van der Waals surface area contributed by atoms with Crippen LogP contribution in [0.5, 0.6) is 5.75 Å². The van der Waals surface area contributed by atoms with Gasteiger partial charge in [0, 0.05) is 12.4 Å². The highest BCUT2D eigenvalue weighted by Gasteiger charge is 2.08. The topological polar surface area (TPSA) is 72.3 Å². The molecule has 92 valence electrons. The molecule has 5 nitrogen and oxygen atoms in total. The molecule has 0 saturated carbocycles. The van der Waals surface area contributed by atoms with Crippen molar-refractivity contribution >= 4 is 21.9 Å². The van der Waals surface area contributed by atoms with Gasteiger partial charge in [0.25, 0.3) is 0 Å². The smallest absolute Gasteiger partial charge is 0.335 e. The van der Waals surface area contributed by atoms with E-state index in [1.165, 1.54) is 12.1 Å². The van der Waals surface area contributed by atoms with E-state index in [0.29, 0.717) is 16.0 Å².